The molecule has 1 N–H and O–H groups in total. The molecule has 7 heteroatoms. The lowest BCUT2D eigenvalue weighted by molar-refractivity contribution is -0.497. The van der Waals surface area contributed by atoms with Gasteiger partial charge in [-0.2, -0.15) is 5.10 Å². The Morgan fingerprint density at radius 2 is 2.21 bits per heavy atom. The Hall–Kier alpha value is -1.92. The molecule has 0 aliphatic heterocycles. The fraction of sp³-hybridized carbons (Fsp3) is 0.667. The topological polar surface area (TPSA) is 90.1 Å². The van der Waals surface area contributed by atoms with Gasteiger partial charge in [0.05, 0.1) is 11.2 Å². The van der Waals surface area contributed by atoms with Crippen LogP contribution in [0.25, 0.3) is 0 Å². The van der Waals surface area contributed by atoms with Crippen molar-refractivity contribution in [1.82, 2.24) is 9.78 Å². The second-order valence-electron chi connectivity index (χ2n) is 5.94. The van der Waals surface area contributed by atoms with Gasteiger partial charge in [-0.3, -0.25) is 14.9 Å². The number of anilines is 1. The minimum absolute atomic E-state index is 0.261. The fourth-order valence-electron chi connectivity index (χ4n) is 2.02. The van der Waals surface area contributed by atoms with Crippen LogP contribution in [-0.4, -0.2) is 26.7 Å². The van der Waals surface area contributed by atoms with Crippen molar-refractivity contribution in [3.8, 4) is 0 Å². The summed E-state index contributed by atoms with van der Waals surface area (Å²) in [6.07, 6.45) is 0.321. The smallest absolute Gasteiger partial charge is 0.235 e. The lowest BCUT2D eigenvalue weighted by Gasteiger charge is -2.22. The highest BCUT2D eigenvalue weighted by Crippen LogP contribution is 2.34. The average molecular weight is 266 g/mol. The van der Waals surface area contributed by atoms with Crippen molar-refractivity contribution in [2.45, 2.75) is 45.7 Å². The molecule has 1 amide bonds. The molecule has 2 unspecified atom stereocenters. The van der Waals surface area contributed by atoms with E-state index in [-0.39, 0.29) is 11.4 Å². The number of aryl methyl sites for hydroxylation is 1. The number of hydrogen-bond donors (Lipinski definition) is 1. The highest BCUT2D eigenvalue weighted by Gasteiger charge is 2.53. The number of rotatable bonds is 3. The highest BCUT2D eigenvalue weighted by atomic mass is 16.6. The molecule has 1 aliphatic carbocycles. The first kappa shape index (κ1) is 13.5. The zero-order chi connectivity index (χ0) is 14.4. The van der Waals surface area contributed by atoms with E-state index in [1.165, 1.54) is 0 Å². The van der Waals surface area contributed by atoms with Gasteiger partial charge in [-0.05, 0) is 27.7 Å². The molecule has 2 atom stereocenters. The third-order valence-electron chi connectivity index (χ3n) is 3.08. The minimum atomic E-state index is -0.730. The van der Waals surface area contributed by atoms with E-state index in [2.05, 4.69) is 10.4 Å². The molecule has 1 saturated carbocycles. The van der Waals surface area contributed by atoms with Crippen molar-refractivity contribution in [3.63, 3.8) is 0 Å². The lowest BCUT2D eigenvalue weighted by atomic mass is 10.1. The van der Waals surface area contributed by atoms with Crippen molar-refractivity contribution < 1.29 is 9.72 Å². The molecule has 0 spiro atoms. The summed E-state index contributed by atoms with van der Waals surface area (Å²) in [5.74, 6) is -0.227. The first-order chi connectivity index (χ1) is 8.70. The molecule has 1 aliphatic rings. The maximum atomic E-state index is 11.9. The summed E-state index contributed by atoms with van der Waals surface area (Å²) in [5, 5.41) is 17.6. The summed E-state index contributed by atoms with van der Waals surface area (Å²) in [6, 6.07) is 1.04. The Labute approximate surface area is 111 Å². The highest BCUT2D eigenvalue weighted by molar-refractivity contribution is 5.94. The van der Waals surface area contributed by atoms with Crippen LogP contribution in [0.2, 0.25) is 0 Å². The molecule has 0 aromatic carbocycles. The predicted octanol–water partition coefficient (Wildman–Crippen LogP) is 1.55. The fourth-order valence-corrected chi connectivity index (χ4v) is 2.02. The van der Waals surface area contributed by atoms with Crippen LogP contribution in [0.3, 0.4) is 0 Å². The lowest BCUT2D eigenvalue weighted by Crippen LogP contribution is -2.27. The molecule has 1 aromatic rings. The molecular weight excluding hydrogens is 248 g/mol. The molecular formula is C12H18N4O3. The van der Waals surface area contributed by atoms with Crippen molar-refractivity contribution in [2.75, 3.05) is 5.32 Å². The molecule has 104 valence electrons. The van der Waals surface area contributed by atoms with E-state index in [4.69, 9.17) is 0 Å². The third kappa shape index (κ3) is 2.74. The van der Waals surface area contributed by atoms with E-state index in [0.717, 1.165) is 5.69 Å². The van der Waals surface area contributed by atoms with Crippen LogP contribution in [0.1, 0.15) is 32.9 Å². The summed E-state index contributed by atoms with van der Waals surface area (Å²) in [7, 11) is 0. The molecule has 0 saturated heterocycles. The van der Waals surface area contributed by atoms with E-state index in [1.807, 2.05) is 27.7 Å². The third-order valence-corrected chi connectivity index (χ3v) is 3.08. The molecule has 1 fully saturated rings. The van der Waals surface area contributed by atoms with E-state index >= 15 is 0 Å². The first-order valence-corrected chi connectivity index (χ1v) is 6.21. The van der Waals surface area contributed by atoms with Crippen LogP contribution in [0.4, 0.5) is 5.82 Å². The van der Waals surface area contributed by atoms with Crippen molar-refractivity contribution in [1.29, 1.82) is 0 Å². The van der Waals surface area contributed by atoms with Gasteiger partial charge in [0, 0.05) is 17.4 Å². The molecule has 0 radical (unpaired) electrons. The summed E-state index contributed by atoms with van der Waals surface area (Å²) >= 11 is 0. The summed E-state index contributed by atoms with van der Waals surface area (Å²) in [6.45, 7) is 7.78. The van der Waals surface area contributed by atoms with Gasteiger partial charge in [0.15, 0.2) is 0 Å². The van der Waals surface area contributed by atoms with E-state index < -0.39 is 16.9 Å². The van der Waals surface area contributed by atoms with Crippen molar-refractivity contribution in [2.24, 2.45) is 5.92 Å². The maximum Gasteiger partial charge on any atom is 0.235 e. The number of amides is 1. The van der Waals surface area contributed by atoms with Crippen LogP contribution in [0, 0.1) is 23.0 Å². The number of aromatic nitrogens is 2. The molecule has 1 heterocycles. The Morgan fingerprint density at radius 1 is 1.58 bits per heavy atom. The quantitative estimate of drug-likeness (QED) is 0.663. The molecule has 19 heavy (non-hydrogen) atoms. The Kier molecular flexibility index (Phi) is 3.07. The van der Waals surface area contributed by atoms with Crippen LogP contribution < -0.4 is 5.32 Å². The Bertz CT molecular complexity index is 530. The van der Waals surface area contributed by atoms with Gasteiger partial charge >= 0.3 is 0 Å². The predicted molar refractivity (Wildman–Crippen MR) is 69.5 cm³/mol. The zero-order valence-corrected chi connectivity index (χ0v) is 11.5. The monoisotopic (exact) mass is 266 g/mol. The van der Waals surface area contributed by atoms with Crippen LogP contribution in [0.15, 0.2) is 6.07 Å². The van der Waals surface area contributed by atoms with Crippen LogP contribution in [0.5, 0.6) is 0 Å². The van der Waals surface area contributed by atoms with Crippen LogP contribution in [-0.2, 0) is 10.3 Å². The van der Waals surface area contributed by atoms with Crippen LogP contribution >= 0.6 is 0 Å². The molecule has 7 nitrogen and oxygen atoms in total. The average Bonchev–Trinajstić information content (AvgIpc) is 2.96. The van der Waals surface area contributed by atoms with Gasteiger partial charge in [0.25, 0.3) is 0 Å². The maximum absolute atomic E-state index is 11.9. The summed E-state index contributed by atoms with van der Waals surface area (Å²) < 4.78 is 1.73. The standard InChI is InChI=1S/C12H18N4O3/c1-7-5-10(15(14-7)12(2,3)4)13-11(17)8-6-9(8)16(18)19/h5,8-9H,6H2,1-4H3,(H,13,17). The van der Waals surface area contributed by atoms with Gasteiger partial charge in [-0.1, -0.05) is 0 Å². The van der Waals surface area contributed by atoms with E-state index in [9.17, 15) is 14.9 Å². The Balaban J connectivity index is 2.12. The van der Waals surface area contributed by atoms with E-state index in [1.54, 1.807) is 10.7 Å². The summed E-state index contributed by atoms with van der Waals surface area (Å²) in [4.78, 5) is 22.1. The number of nitrogens with one attached hydrogen (secondary N) is 1. The number of carbonyl (C=O) groups is 1. The zero-order valence-electron chi connectivity index (χ0n) is 11.5. The Morgan fingerprint density at radius 3 is 2.68 bits per heavy atom. The molecule has 1 aromatic heterocycles. The molecule has 2 rings (SSSR count). The normalized spacial score (nSPS) is 22.1. The molecule has 0 bridgehead atoms. The van der Waals surface area contributed by atoms with Crippen molar-refractivity contribution >= 4 is 11.7 Å². The largest absolute Gasteiger partial charge is 0.310 e. The number of hydrogen-bond acceptors (Lipinski definition) is 4. The van der Waals surface area contributed by atoms with Gasteiger partial charge in [0.2, 0.25) is 11.9 Å². The van der Waals surface area contributed by atoms with Gasteiger partial charge < -0.3 is 5.32 Å². The second kappa shape index (κ2) is 4.32. The minimum Gasteiger partial charge on any atom is -0.310 e. The number of carbonyl (C=O) groups excluding carboxylic acids is 1. The summed E-state index contributed by atoms with van der Waals surface area (Å²) in [5.41, 5.74) is 0.537. The number of nitrogens with zero attached hydrogens (tertiary/aromatic N) is 3. The van der Waals surface area contributed by atoms with E-state index in [0.29, 0.717) is 12.2 Å². The first-order valence-electron chi connectivity index (χ1n) is 6.21. The number of nitro groups is 1. The van der Waals surface area contributed by atoms with Gasteiger partial charge in [-0.15, -0.1) is 0 Å². The van der Waals surface area contributed by atoms with Gasteiger partial charge in [0.1, 0.15) is 11.7 Å². The SMILES string of the molecule is Cc1cc(NC(=O)C2CC2[N+](=O)[O-])n(C(C)(C)C)n1. The van der Waals surface area contributed by atoms with Gasteiger partial charge in [-0.25, -0.2) is 4.68 Å². The van der Waals surface area contributed by atoms with Crippen molar-refractivity contribution in [3.05, 3.63) is 21.9 Å². The second-order valence-corrected chi connectivity index (χ2v) is 5.94.